The minimum absolute atomic E-state index is 0. The van der Waals surface area contributed by atoms with Gasteiger partial charge in [-0.05, 0) is 31.1 Å². The zero-order valence-corrected chi connectivity index (χ0v) is 17.3. The van der Waals surface area contributed by atoms with E-state index in [-0.39, 0.29) is 29.1 Å². The molecule has 1 N–H and O–H groups in total. The number of carbonyl (C=O) groups is 1. The highest BCUT2D eigenvalue weighted by Crippen LogP contribution is 2.38. The predicted octanol–water partition coefficient (Wildman–Crippen LogP) is 1.52. The fourth-order valence-corrected chi connectivity index (χ4v) is 5.61. The summed E-state index contributed by atoms with van der Waals surface area (Å²) in [6.45, 7) is 5.18. The zero-order chi connectivity index (χ0) is 18.3. The van der Waals surface area contributed by atoms with Gasteiger partial charge in [0.05, 0.1) is 11.4 Å². The molecule has 1 amide bonds. The molecule has 0 aliphatic carbocycles. The summed E-state index contributed by atoms with van der Waals surface area (Å²) in [6.07, 6.45) is 0. The maximum absolute atomic E-state index is 13.0. The molecule has 3 aliphatic heterocycles. The van der Waals surface area contributed by atoms with Crippen LogP contribution in [0.1, 0.15) is 6.92 Å². The second kappa shape index (κ2) is 7.96. The molecule has 11 heteroatoms. The molecule has 1 aromatic rings. The molecule has 1 unspecified atom stereocenters. The second-order valence-electron chi connectivity index (χ2n) is 6.82. The number of hydrogen-bond acceptors (Lipinski definition) is 6. The number of nitrogens with one attached hydrogen (secondary N) is 1. The van der Waals surface area contributed by atoms with Gasteiger partial charge in [0.2, 0.25) is 15.9 Å². The molecule has 27 heavy (non-hydrogen) atoms. The molecule has 2 fully saturated rings. The van der Waals surface area contributed by atoms with E-state index in [1.54, 1.807) is 23.1 Å². The molecule has 0 radical (unpaired) electrons. The smallest absolute Gasteiger partial charge is 0.245 e. The van der Waals surface area contributed by atoms with Crippen molar-refractivity contribution < 1.29 is 13.2 Å². The Morgan fingerprint density at radius 3 is 2.56 bits per heavy atom. The molecule has 1 aromatic carbocycles. The lowest BCUT2D eigenvalue weighted by atomic mass is 9.88. The first-order valence-electron chi connectivity index (χ1n) is 8.69. The summed E-state index contributed by atoms with van der Waals surface area (Å²) < 4.78 is 35.7. The largest absolute Gasteiger partial charge is 0.340 e. The summed E-state index contributed by atoms with van der Waals surface area (Å²) >= 11 is 1.01. The monoisotopic (exact) mass is 431 g/mol. The van der Waals surface area contributed by atoms with Gasteiger partial charge < -0.3 is 10.2 Å². The average molecular weight is 432 g/mol. The van der Waals surface area contributed by atoms with Gasteiger partial charge in [-0.15, -0.1) is 12.4 Å². The van der Waals surface area contributed by atoms with Crippen LogP contribution in [0.3, 0.4) is 0 Å². The normalized spacial score (nSPS) is 21.0. The van der Waals surface area contributed by atoms with E-state index in [4.69, 9.17) is 0 Å². The van der Waals surface area contributed by atoms with Gasteiger partial charge >= 0.3 is 0 Å². The number of fused-ring (bicyclic) bond motifs is 1. The third-order valence-corrected chi connectivity index (χ3v) is 7.80. The van der Waals surface area contributed by atoms with Crippen molar-refractivity contribution in [3.63, 3.8) is 0 Å². The first-order valence-corrected chi connectivity index (χ1v) is 10.9. The standard InChI is InChI=1S/C16H21N5O3S2.ClH/c1-11(12-9-17-10-12)16(22)20-5-7-21(8-6-20)26(23,24)14-4-2-3-13-15(14)19-25-18-13;/h2-4,11-12,17H,5-10H2,1H3;1H. The lowest BCUT2D eigenvalue weighted by molar-refractivity contribution is -0.138. The van der Waals surface area contributed by atoms with Gasteiger partial charge in [-0.1, -0.05) is 13.0 Å². The zero-order valence-electron chi connectivity index (χ0n) is 14.9. The van der Waals surface area contributed by atoms with Crippen LogP contribution in [0.25, 0.3) is 0 Å². The highest BCUT2D eigenvalue weighted by molar-refractivity contribution is 7.89. The number of nitrogens with zero attached hydrogens (tertiary/aromatic N) is 4. The van der Waals surface area contributed by atoms with Crippen molar-refractivity contribution >= 4 is 51.1 Å². The van der Waals surface area contributed by atoms with E-state index in [9.17, 15) is 13.2 Å². The third kappa shape index (κ3) is 3.68. The lowest BCUT2D eigenvalue weighted by Gasteiger charge is -2.38. The number of sulfonamides is 1. The molecular weight excluding hydrogens is 410 g/mol. The van der Waals surface area contributed by atoms with Crippen molar-refractivity contribution in [2.45, 2.75) is 11.8 Å². The Morgan fingerprint density at radius 2 is 1.93 bits per heavy atom. The van der Waals surface area contributed by atoms with E-state index in [0.717, 1.165) is 24.4 Å². The van der Waals surface area contributed by atoms with Crippen LogP contribution in [0.2, 0.25) is 0 Å². The van der Waals surface area contributed by atoms with Gasteiger partial charge in [-0.25, -0.2) is 8.42 Å². The number of benzene rings is 1. The van der Waals surface area contributed by atoms with Crippen molar-refractivity contribution in [2.75, 3.05) is 39.3 Å². The number of hydrogen-bond donors (Lipinski definition) is 1. The van der Waals surface area contributed by atoms with Gasteiger partial charge in [0.15, 0.2) is 0 Å². The molecular formula is C16H22ClN5O3S2. The first kappa shape index (κ1) is 20.4. The first-order chi connectivity index (χ1) is 12.5. The van der Waals surface area contributed by atoms with E-state index in [0.29, 0.717) is 43.5 Å². The topological polar surface area (TPSA) is 94.4 Å². The molecule has 4 rings (SSSR count). The van der Waals surface area contributed by atoms with E-state index in [1.165, 1.54) is 4.31 Å². The van der Waals surface area contributed by atoms with Gasteiger partial charge in [-0.3, -0.25) is 4.79 Å². The quantitative estimate of drug-likeness (QED) is 0.794. The van der Waals surface area contributed by atoms with Gasteiger partial charge in [0.25, 0.3) is 0 Å². The Kier molecular flexibility index (Phi) is 6.02. The van der Waals surface area contributed by atoms with E-state index >= 15 is 0 Å². The second-order valence-corrected chi connectivity index (χ2v) is 9.26. The molecule has 3 aliphatic rings. The highest BCUT2D eigenvalue weighted by Gasteiger charge is 2.36. The summed E-state index contributed by atoms with van der Waals surface area (Å²) in [5, 5.41) is 3.19. The van der Waals surface area contributed by atoms with Crippen LogP contribution in [0.5, 0.6) is 0 Å². The summed E-state index contributed by atoms with van der Waals surface area (Å²) in [7, 11) is -3.65. The van der Waals surface area contributed by atoms with Crippen molar-refractivity contribution in [1.29, 1.82) is 0 Å². The molecule has 1 atom stereocenters. The van der Waals surface area contributed by atoms with Crippen LogP contribution >= 0.6 is 12.4 Å². The fourth-order valence-electron chi connectivity index (χ4n) is 3.43. The Labute approximate surface area is 168 Å². The van der Waals surface area contributed by atoms with E-state index in [1.807, 2.05) is 6.92 Å². The van der Waals surface area contributed by atoms with Crippen LogP contribution in [0.4, 0.5) is 11.4 Å². The molecule has 0 spiro atoms. The molecule has 8 nitrogen and oxygen atoms in total. The van der Waals surface area contributed by atoms with Gasteiger partial charge in [-0.2, -0.15) is 13.0 Å². The van der Waals surface area contributed by atoms with Crippen LogP contribution in [-0.2, 0) is 26.2 Å². The molecule has 0 bridgehead atoms. The lowest BCUT2D eigenvalue weighted by Crippen LogP contribution is -2.55. The van der Waals surface area contributed by atoms with Gasteiger partial charge in [0.1, 0.15) is 16.3 Å². The molecule has 148 valence electrons. The highest BCUT2D eigenvalue weighted by atomic mass is 35.5. The summed E-state index contributed by atoms with van der Waals surface area (Å²) in [5.74, 6) is 0.493. The maximum Gasteiger partial charge on any atom is 0.245 e. The van der Waals surface area contributed by atoms with Crippen LogP contribution < -0.4 is 5.32 Å². The van der Waals surface area contributed by atoms with Crippen molar-refractivity contribution in [3.05, 3.63) is 18.2 Å². The molecule has 3 heterocycles. The Hall–Kier alpha value is -1.33. The molecule has 0 aromatic heterocycles. The van der Waals surface area contributed by atoms with Crippen LogP contribution in [-0.4, -0.2) is 62.8 Å². The Bertz CT molecular complexity index is 905. The summed E-state index contributed by atoms with van der Waals surface area (Å²) in [5.41, 5.74) is 1.01. The molecule has 2 saturated heterocycles. The molecule has 0 saturated carbocycles. The predicted molar refractivity (Wildman–Crippen MR) is 106 cm³/mol. The summed E-state index contributed by atoms with van der Waals surface area (Å²) in [6, 6.07) is 5.01. The average Bonchev–Trinajstić information content (AvgIpc) is 3.08. The van der Waals surface area contributed by atoms with E-state index < -0.39 is 10.0 Å². The number of rotatable bonds is 4. The van der Waals surface area contributed by atoms with Crippen LogP contribution in [0.15, 0.2) is 31.8 Å². The SMILES string of the molecule is CC(C(=O)N1CCN(S(=O)(=O)c2cccc3c2N=S=N3)CC1)C1CNC1.Cl. The number of amides is 1. The Morgan fingerprint density at radius 1 is 1.22 bits per heavy atom. The van der Waals surface area contributed by atoms with Gasteiger partial charge in [0, 0.05) is 32.1 Å². The van der Waals surface area contributed by atoms with Crippen molar-refractivity contribution in [2.24, 2.45) is 20.6 Å². The maximum atomic E-state index is 13.0. The number of halogens is 1. The summed E-state index contributed by atoms with van der Waals surface area (Å²) in [4.78, 5) is 14.6. The fraction of sp³-hybridized carbons (Fsp3) is 0.562. The van der Waals surface area contributed by atoms with Crippen molar-refractivity contribution in [1.82, 2.24) is 14.5 Å². The number of piperazine rings is 1. The third-order valence-electron chi connectivity index (χ3n) is 5.33. The number of carbonyl (C=O) groups excluding carboxylic acids is 1. The van der Waals surface area contributed by atoms with Crippen LogP contribution in [0, 0.1) is 11.8 Å². The van der Waals surface area contributed by atoms with E-state index in [2.05, 4.69) is 14.0 Å². The minimum Gasteiger partial charge on any atom is -0.340 e. The minimum atomic E-state index is -3.65. The Balaban J connectivity index is 0.00000210. The van der Waals surface area contributed by atoms with Crippen molar-refractivity contribution in [3.8, 4) is 0 Å².